The third kappa shape index (κ3) is 6.63. The molecule has 0 amide bonds. The lowest BCUT2D eigenvalue weighted by molar-refractivity contribution is 0.131. The van der Waals surface area contributed by atoms with Crippen LogP contribution in [0.15, 0.2) is 52.5 Å². The SMILES string of the molecule is CCCCOCCCNc1nc(/C(N)=C2/NC(C)=CS2)cc(N(C)c2ccccc2)n1. The van der Waals surface area contributed by atoms with E-state index in [-0.39, 0.29) is 0 Å². The van der Waals surface area contributed by atoms with Crippen molar-refractivity contribution in [2.45, 2.75) is 33.1 Å². The number of unbranched alkanes of at least 4 members (excludes halogenated alkanes) is 1. The van der Waals surface area contributed by atoms with Gasteiger partial charge in [0.15, 0.2) is 0 Å². The zero-order valence-corrected chi connectivity index (χ0v) is 19.3. The first-order valence-corrected chi connectivity index (χ1v) is 11.6. The van der Waals surface area contributed by atoms with Crippen LogP contribution in [0.5, 0.6) is 0 Å². The number of thioether (sulfide) groups is 1. The van der Waals surface area contributed by atoms with Gasteiger partial charge in [0.25, 0.3) is 0 Å². The van der Waals surface area contributed by atoms with E-state index in [1.807, 2.05) is 60.7 Å². The van der Waals surface area contributed by atoms with Crippen LogP contribution in [0.25, 0.3) is 5.70 Å². The number of hydrogen-bond donors (Lipinski definition) is 3. The highest BCUT2D eigenvalue weighted by Gasteiger charge is 2.16. The third-order valence-electron chi connectivity index (χ3n) is 4.78. The number of ether oxygens (including phenoxy) is 1. The van der Waals surface area contributed by atoms with Gasteiger partial charge in [-0.05, 0) is 37.3 Å². The lowest BCUT2D eigenvalue weighted by atomic mass is 10.2. The van der Waals surface area contributed by atoms with E-state index in [0.29, 0.717) is 17.3 Å². The average molecular weight is 441 g/mol. The summed E-state index contributed by atoms with van der Waals surface area (Å²) in [6, 6.07) is 12.0. The van der Waals surface area contributed by atoms with Crippen LogP contribution >= 0.6 is 11.8 Å². The molecule has 1 aromatic heterocycles. The predicted octanol–water partition coefficient (Wildman–Crippen LogP) is 4.65. The van der Waals surface area contributed by atoms with Gasteiger partial charge in [-0.3, -0.25) is 0 Å². The first-order chi connectivity index (χ1) is 15.1. The summed E-state index contributed by atoms with van der Waals surface area (Å²) >= 11 is 1.57. The Morgan fingerprint density at radius 3 is 2.68 bits per heavy atom. The molecule has 0 bridgehead atoms. The van der Waals surface area contributed by atoms with Gasteiger partial charge in [-0.25, -0.2) is 4.98 Å². The molecule has 2 aromatic rings. The summed E-state index contributed by atoms with van der Waals surface area (Å²) in [5, 5.41) is 9.55. The minimum absolute atomic E-state index is 0.556. The number of anilines is 3. The van der Waals surface area contributed by atoms with Crippen molar-refractivity contribution >= 4 is 34.9 Å². The monoisotopic (exact) mass is 440 g/mol. The lowest BCUT2D eigenvalue weighted by Gasteiger charge is -2.20. The molecule has 8 heteroatoms. The summed E-state index contributed by atoms with van der Waals surface area (Å²) < 4.78 is 5.64. The molecule has 0 fully saturated rings. The largest absolute Gasteiger partial charge is 0.395 e. The fourth-order valence-corrected chi connectivity index (χ4v) is 3.77. The summed E-state index contributed by atoms with van der Waals surface area (Å²) in [5.41, 5.74) is 9.87. The lowest BCUT2D eigenvalue weighted by Crippen LogP contribution is -2.17. The Balaban J connectivity index is 1.77. The van der Waals surface area contributed by atoms with Crippen molar-refractivity contribution < 1.29 is 4.74 Å². The van der Waals surface area contributed by atoms with E-state index < -0.39 is 0 Å². The van der Waals surface area contributed by atoms with E-state index >= 15 is 0 Å². The number of allylic oxidation sites excluding steroid dienone is 1. The van der Waals surface area contributed by atoms with Gasteiger partial charge in [0, 0.05) is 44.3 Å². The number of nitrogens with zero attached hydrogens (tertiary/aromatic N) is 3. The van der Waals surface area contributed by atoms with Gasteiger partial charge in [-0.1, -0.05) is 43.3 Å². The fraction of sp³-hybridized carbons (Fsp3) is 0.391. The molecule has 4 N–H and O–H groups in total. The number of aromatic nitrogens is 2. The molecule has 3 rings (SSSR count). The average Bonchev–Trinajstić information content (AvgIpc) is 3.24. The van der Waals surface area contributed by atoms with E-state index in [0.717, 1.165) is 61.3 Å². The van der Waals surface area contributed by atoms with Crippen molar-refractivity contribution in [2.75, 3.05) is 37.0 Å². The van der Waals surface area contributed by atoms with Crippen LogP contribution < -0.4 is 21.3 Å². The molecule has 1 aromatic carbocycles. The molecule has 0 saturated heterocycles. The maximum atomic E-state index is 6.47. The second-order valence-corrected chi connectivity index (χ2v) is 8.24. The highest BCUT2D eigenvalue weighted by molar-refractivity contribution is 8.06. The van der Waals surface area contributed by atoms with Crippen LogP contribution in [0, 0.1) is 0 Å². The number of nitrogens with two attached hydrogens (primary N) is 1. The van der Waals surface area contributed by atoms with Crippen LogP contribution in [-0.2, 0) is 4.74 Å². The Labute approximate surface area is 189 Å². The Morgan fingerprint density at radius 1 is 1.19 bits per heavy atom. The van der Waals surface area contributed by atoms with E-state index in [1.54, 1.807) is 11.8 Å². The second-order valence-electron chi connectivity index (χ2n) is 7.36. The van der Waals surface area contributed by atoms with Crippen LogP contribution in [0.3, 0.4) is 0 Å². The van der Waals surface area contributed by atoms with E-state index in [9.17, 15) is 0 Å². The fourth-order valence-electron chi connectivity index (χ4n) is 2.96. The molecule has 0 saturated carbocycles. The van der Waals surface area contributed by atoms with Gasteiger partial charge in [0.05, 0.1) is 11.4 Å². The molecule has 0 radical (unpaired) electrons. The maximum Gasteiger partial charge on any atom is 0.225 e. The smallest absolute Gasteiger partial charge is 0.225 e. The Kier molecular flexibility index (Phi) is 8.61. The number of nitrogens with one attached hydrogen (secondary N) is 2. The molecule has 31 heavy (non-hydrogen) atoms. The normalized spacial score (nSPS) is 14.7. The van der Waals surface area contributed by atoms with Crippen molar-refractivity contribution in [1.82, 2.24) is 15.3 Å². The van der Waals surface area contributed by atoms with Crippen LogP contribution in [0.2, 0.25) is 0 Å². The zero-order valence-electron chi connectivity index (χ0n) is 18.5. The summed E-state index contributed by atoms with van der Waals surface area (Å²) in [4.78, 5) is 11.4. The zero-order chi connectivity index (χ0) is 22.1. The Hall–Kier alpha value is -2.71. The van der Waals surface area contributed by atoms with Crippen molar-refractivity contribution in [1.29, 1.82) is 0 Å². The van der Waals surface area contributed by atoms with E-state index in [4.69, 9.17) is 15.5 Å². The van der Waals surface area contributed by atoms with Gasteiger partial charge in [-0.15, -0.1) is 0 Å². The molecular weight excluding hydrogens is 408 g/mol. The second kappa shape index (κ2) is 11.6. The third-order valence-corrected chi connectivity index (χ3v) is 5.80. The first-order valence-electron chi connectivity index (χ1n) is 10.7. The molecule has 0 spiro atoms. The van der Waals surface area contributed by atoms with E-state index in [1.165, 1.54) is 0 Å². The van der Waals surface area contributed by atoms with Crippen LogP contribution in [0.4, 0.5) is 17.5 Å². The minimum atomic E-state index is 0.556. The van der Waals surface area contributed by atoms with Gasteiger partial charge < -0.3 is 26.0 Å². The molecular formula is C23H32N6OS. The first kappa shape index (κ1) is 23.0. The predicted molar refractivity (Wildman–Crippen MR) is 131 cm³/mol. The molecule has 0 atom stereocenters. The Morgan fingerprint density at radius 2 is 1.97 bits per heavy atom. The minimum Gasteiger partial charge on any atom is -0.395 e. The highest BCUT2D eigenvalue weighted by Crippen LogP contribution is 2.30. The van der Waals surface area contributed by atoms with Crippen molar-refractivity contribution in [3.63, 3.8) is 0 Å². The van der Waals surface area contributed by atoms with Crippen LogP contribution in [0.1, 0.15) is 38.8 Å². The maximum absolute atomic E-state index is 6.47. The molecule has 1 aliphatic rings. The molecule has 0 unspecified atom stereocenters. The highest BCUT2D eigenvalue weighted by atomic mass is 32.2. The summed E-state index contributed by atoms with van der Waals surface area (Å²) in [6.07, 6.45) is 3.13. The van der Waals surface area contributed by atoms with Gasteiger partial charge >= 0.3 is 0 Å². The summed E-state index contributed by atoms with van der Waals surface area (Å²) in [7, 11) is 1.99. The van der Waals surface area contributed by atoms with Crippen molar-refractivity contribution in [2.24, 2.45) is 5.73 Å². The number of hydrogen-bond acceptors (Lipinski definition) is 8. The summed E-state index contributed by atoms with van der Waals surface area (Å²) in [5.74, 6) is 1.33. The van der Waals surface area contributed by atoms with E-state index in [2.05, 4.69) is 22.5 Å². The summed E-state index contributed by atoms with van der Waals surface area (Å²) in [6.45, 7) is 6.45. The topological polar surface area (TPSA) is 88.3 Å². The number of benzene rings is 1. The number of para-hydroxylation sites is 1. The quantitative estimate of drug-likeness (QED) is 0.435. The van der Waals surface area contributed by atoms with Crippen LogP contribution in [-0.4, -0.2) is 36.8 Å². The van der Waals surface area contributed by atoms with Gasteiger partial charge in [0.2, 0.25) is 5.95 Å². The van der Waals surface area contributed by atoms with Gasteiger partial charge in [0.1, 0.15) is 10.8 Å². The standard InChI is InChI=1S/C23H32N6OS/c1-4-5-13-30-14-9-12-25-23-27-19(21(24)22-26-17(2)16-31-22)15-20(28-23)29(3)18-10-7-6-8-11-18/h6-8,10-11,15-16,26H,4-5,9,12-14,24H2,1-3H3,(H,25,27,28)/b22-21+. The molecule has 1 aliphatic heterocycles. The molecule has 7 nitrogen and oxygen atoms in total. The molecule has 166 valence electrons. The molecule has 2 heterocycles. The molecule has 0 aliphatic carbocycles. The van der Waals surface area contributed by atoms with Crippen molar-refractivity contribution in [3.8, 4) is 0 Å². The van der Waals surface area contributed by atoms with Crippen molar-refractivity contribution in [3.05, 3.63) is 58.2 Å². The van der Waals surface area contributed by atoms with Gasteiger partial charge in [-0.2, -0.15) is 4.98 Å². The Bertz CT molecular complexity index is 916. The number of rotatable bonds is 11.